The molecule has 0 aromatic heterocycles. The summed E-state index contributed by atoms with van der Waals surface area (Å²) in [6, 6.07) is 3.58. The second kappa shape index (κ2) is 9.17. The molecule has 0 saturated heterocycles. The molecule has 1 aromatic rings. The highest BCUT2D eigenvalue weighted by Crippen LogP contribution is 2.20. The molecule has 2 rings (SSSR count). The van der Waals surface area contributed by atoms with Gasteiger partial charge in [0.25, 0.3) is 5.91 Å². The summed E-state index contributed by atoms with van der Waals surface area (Å²) < 4.78 is 18.2. The largest absolute Gasteiger partial charge is 0.452 e. The number of benzene rings is 1. The molecule has 1 fully saturated rings. The molecule has 0 bridgehead atoms. The lowest BCUT2D eigenvalue weighted by Gasteiger charge is -2.12. The number of halogens is 2. The molecule has 0 spiro atoms. The third-order valence-corrected chi connectivity index (χ3v) is 4.00. The lowest BCUT2D eigenvalue weighted by molar-refractivity contribution is -0.143. The van der Waals surface area contributed by atoms with Crippen molar-refractivity contribution in [2.75, 3.05) is 6.61 Å². The molecule has 25 heavy (non-hydrogen) atoms. The highest BCUT2D eigenvalue weighted by atomic mass is 35.5. The van der Waals surface area contributed by atoms with Gasteiger partial charge in [0.2, 0.25) is 0 Å². The lowest BCUT2D eigenvalue weighted by atomic mass is 10.2. The second-order valence-corrected chi connectivity index (χ2v) is 5.99. The maximum atomic E-state index is 13.5. The topological polar surface area (TPSA) is 84.5 Å². The first kappa shape index (κ1) is 18.9. The van der Waals surface area contributed by atoms with E-state index in [1.807, 2.05) is 0 Å². The van der Waals surface area contributed by atoms with E-state index in [0.717, 1.165) is 37.8 Å². The molecule has 0 heterocycles. The summed E-state index contributed by atoms with van der Waals surface area (Å²) in [6.45, 7) is -0.619. The minimum atomic E-state index is -0.856. The van der Waals surface area contributed by atoms with Gasteiger partial charge in [0.15, 0.2) is 6.61 Å². The standard InChI is InChI=1S/C17H18ClFN2O4/c18-13-6-3-7-14(19)12(13)8-9-16(23)25-10-15(22)21-17(24)20-11-4-1-2-5-11/h3,6-9,11H,1-2,4-5,10H2,(H2,20,21,22,24)/b9-8+. The number of ether oxygens (including phenoxy) is 1. The average molecular weight is 369 g/mol. The first-order chi connectivity index (χ1) is 12.0. The Kier molecular flexibility index (Phi) is 6.94. The van der Waals surface area contributed by atoms with Crippen LogP contribution in [0.25, 0.3) is 6.08 Å². The van der Waals surface area contributed by atoms with Crippen LogP contribution in [0.2, 0.25) is 5.02 Å². The summed E-state index contributed by atoms with van der Waals surface area (Å²) in [6.07, 6.45) is 5.99. The van der Waals surface area contributed by atoms with Gasteiger partial charge in [-0.15, -0.1) is 0 Å². The monoisotopic (exact) mass is 368 g/mol. The van der Waals surface area contributed by atoms with E-state index in [0.29, 0.717) is 0 Å². The van der Waals surface area contributed by atoms with Gasteiger partial charge in [-0.2, -0.15) is 0 Å². The van der Waals surface area contributed by atoms with Crippen LogP contribution in [0.1, 0.15) is 31.2 Å². The molecule has 1 aromatic carbocycles. The van der Waals surface area contributed by atoms with Gasteiger partial charge in [0, 0.05) is 17.7 Å². The predicted molar refractivity (Wildman–Crippen MR) is 90.3 cm³/mol. The van der Waals surface area contributed by atoms with Crippen LogP contribution in [-0.4, -0.2) is 30.6 Å². The van der Waals surface area contributed by atoms with E-state index < -0.39 is 30.3 Å². The molecule has 134 valence electrons. The van der Waals surface area contributed by atoms with Crippen LogP contribution in [0.4, 0.5) is 9.18 Å². The van der Waals surface area contributed by atoms with E-state index in [-0.39, 0.29) is 16.6 Å². The molecule has 2 N–H and O–H groups in total. The Morgan fingerprint density at radius 2 is 2.00 bits per heavy atom. The number of imide groups is 1. The summed E-state index contributed by atoms with van der Waals surface area (Å²) in [5.74, 6) is -2.19. The van der Waals surface area contributed by atoms with Crippen molar-refractivity contribution in [3.05, 3.63) is 40.7 Å². The number of hydrogen-bond donors (Lipinski definition) is 2. The van der Waals surface area contributed by atoms with E-state index in [4.69, 9.17) is 16.3 Å². The Balaban J connectivity index is 1.74. The summed E-state index contributed by atoms with van der Waals surface area (Å²) in [4.78, 5) is 34.7. The molecule has 1 saturated carbocycles. The molecule has 8 heteroatoms. The first-order valence-electron chi connectivity index (χ1n) is 7.85. The zero-order chi connectivity index (χ0) is 18.2. The minimum Gasteiger partial charge on any atom is -0.452 e. The van der Waals surface area contributed by atoms with Crippen LogP contribution in [0.3, 0.4) is 0 Å². The Hall–Kier alpha value is -2.41. The number of nitrogens with one attached hydrogen (secondary N) is 2. The second-order valence-electron chi connectivity index (χ2n) is 5.58. The van der Waals surface area contributed by atoms with E-state index in [1.54, 1.807) is 0 Å². The molecule has 1 aliphatic rings. The van der Waals surface area contributed by atoms with Gasteiger partial charge in [0.1, 0.15) is 5.82 Å². The van der Waals surface area contributed by atoms with Gasteiger partial charge in [-0.3, -0.25) is 10.1 Å². The maximum Gasteiger partial charge on any atom is 0.331 e. The molecule has 0 unspecified atom stereocenters. The number of amides is 3. The van der Waals surface area contributed by atoms with Gasteiger partial charge in [-0.05, 0) is 31.1 Å². The SMILES string of the molecule is O=C(COC(=O)/C=C/c1c(F)cccc1Cl)NC(=O)NC1CCCC1. The van der Waals surface area contributed by atoms with Crippen LogP contribution in [0.5, 0.6) is 0 Å². The van der Waals surface area contributed by atoms with Gasteiger partial charge in [0.05, 0.1) is 5.02 Å². The zero-order valence-electron chi connectivity index (χ0n) is 13.4. The van der Waals surface area contributed by atoms with Crippen molar-refractivity contribution in [3.8, 4) is 0 Å². The summed E-state index contributed by atoms with van der Waals surface area (Å²) in [5.41, 5.74) is 0.0431. The Morgan fingerprint density at radius 1 is 1.28 bits per heavy atom. The zero-order valence-corrected chi connectivity index (χ0v) is 14.1. The van der Waals surface area contributed by atoms with Gasteiger partial charge in [-0.25, -0.2) is 14.0 Å². The summed E-state index contributed by atoms with van der Waals surface area (Å²) >= 11 is 5.82. The highest BCUT2D eigenvalue weighted by Gasteiger charge is 2.18. The average Bonchev–Trinajstić information content (AvgIpc) is 3.05. The Morgan fingerprint density at radius 3 is 2.68 bits per heavy atom. The molecular weight excluding hydrogens is 351 g/mol. The fraction of sp³-hybridized carbons (Fsp3) is 0.353. The fourth-order valence-corrected chi connectivity index (χ4v) is 2.69. The number of urea groups is 1. The van der Waals surface area contributed by atoms with E-state index in [9.17, 15) is 18.8 Å². The van der Waals surface area contributed by atoms with Crippen molar-refractivity contribution in [3.63, 3.8) is 0 Å². The van der Waals surface area contributed by atoms with Crippen LogP contribution >= 0.6 is 11.6 Å². The molecule has 1 aliphatic carbocycles. The first-order valence-corrected chi connectivity index (χ1v) is 8.22. The third-order valence-electron chi connectivity index (χ3n) is 3.67. The number of rotatable bonds is 5. The van der Waals surface area contributed by atoms with Crippen molar-refractivity contribution in [2.45, 2.75) is 31.7 Å². The number of hydrogen-bond acceptors (Lipinski definition) is 4. The maximum absolute atomic E-state index is 13.5. The number of carbonyl (C=O) groups is 3. The summed E-state index contributed by atoms with van der Waals surface area (Å²) in [7, 11) is 0. The minimum absolute atomic E-state index is 0.0431. The molecular formula is C17H18ClFN2O4. The smallest absolute Gasteiger partial charge is 0.331 e. The third kappa shape index (κ3) is 6.19. The predicted octanol–water partition coefficient (Wildman–Crippen LogP) is 2.80. The fourth-order valence-electron chi connectivity index (χ4n) is 2.46. The molecule has 0 aliphatic heterocycles. The van der Waals surface area contributed by atoms with E-state index >= 15 is 0 Å². The number of carbonyl (C=O) groups excluding carboxylic acids is 3. The molecule has 6 nitrogen and oxygen atoms in total. The Bertz CT molecular complexity index is 667. The molecule has 0 radical (unpaired) electrons. The quantitative estimate of drug-likeness (QED) is 0.618. The van der Waals surface area contributed by atoms with Gasteiger partial charge in [-0.1, -0.05) is 30.5 Å². The lowest BCUT2D eigenvalue weighted by Crippen LogP contribution is -2.44. The normalized spacial score (nSPS) is 14.5. The van der Waals surface area contributed by atoms with Crippen molar-refractivity contribution < 1.29 is 23.5 Å². The highest BCUT2D eigenvalue weighted by molar-refractivity contribution is 6.32. The van der Waals surface area contributed by atoms with Gasteiger partial charge < -0.3 is 10.1 Å². The number of esters is 1. The van der Waals surface area contributed by atoms with Crippen LogP contribution < -0.4 is 10.6 Å². The van der Waals surface area contributed by atoms with Crippen molar-refractivity contribution >= 4 is 35.6 Å². The van der Waals surface area contributed by atoms with Crippen molar-refractivity contribution in [1.82, 2.24) is 10.6 Å². The molecule has 3 amide bonds. The summed E-state index contributed by atoms with van der Waals surface area (Å²) in [5, 5.41) is 4.90. The van der Waals surface area contributed by atoms with E-state index in [1.165, 1.54) is 18.2 Å². The van der Waals surface area contributed by atoms with Crippen LogP contribution in [0, 0.1) is 5.82 Å². The molecule has 0 atom stereocenters. The van der Waals surface area contributed by atoms with E-state index in [2.05, 4.69) is 10.6 Å². The van der Waals surface area contributed by atoms with Crippen LogP contribution in [-0.2, 0) is 14.3 Å². The van der Waals surface area contributed by atoms with Crippen molar-refractivity contribution in [1.29, 1.82) is 0 Å². The van der Waals surface area contributed by atoms with Crippen LogP contribution in [0.15, 0.2) is 24.3 Å². The Labute approximate surface area is 149 Å². The van der Waals surface area contributed by atoms with Crippen molar-refractivity contribution in [2.24, 2.45) is 0 Å². The van der Waals surface area contributed by atoms with Gasteiger partial charge >= 0.3 is 12.0 Å².